The van der Waals surface area contributed by atoms with E-state index in [0.717, 1.165) is 4.90 Å². The topological polar surface area (TPSA) is 77.8 Å². The van der Waals surface area contributed by atoms with Crippen LogP contribution in [0.4, 0.5) is 0 Å². The summed E-state index contributed by atoms with van der Waals surface area (Å²) in [7, 11) is 0. The normalized spacial score (nSPS) is 19.7. The summed E-state index contributed by atoms with van der Waals surface area (Å²) < 4.78 is 0. The molecule has 5 nitrogen and oxygen atoms in total. The molecule has 0 spiro atoms. The highest BCUT2D eigenvalue weighted by atomic mass is 16.3. The fraction of sp³-hybridized carbons (Fsp3) is 0.846. The van der Waals surface area contributed by atoms with Crippen LogP contribution >= 0.6 is 0 Å². The van der Waals surface area contributed by atoms with Crippen LogP contribution in [0.3, 0.4) is 0 Å². The Balaban J connectivity index is 3.18. The molecule has 5 heteroatoms. The van der Waals surface area contributed by atoms with E-state index in [9.17, 15) is 19.8 Å². The van der Waals surface area contributed by atoms with Gasteiger partial charge < -0.3 is 10.2 Å². The largest absolute Gasteiger partial charge is 0.394 e. The van der Waals surface area contributed by atoms with Gasteiger partial charge in [-0.25, -0.2) is 0 Å². The molecule has 1 aliphatic heterocycles. The maximum absolute atomic E-state index is 12.5. The summed E-state index contributed by atoms with van der Waals surface area (Å²) in [5.74, 6) is -0.531. The maximum Gasteiger partial charge on any atom is 0.236 e. The van der Waals surface area contributed by atoms with Gasteiger partial charge in [0.05, 0.1) is 24.2 Å². The standard InChI is InChI=1S/C13H23NO4/c1-4-12(5-2)7-10(17)14(11(12)18)13(6-3,8-15)9-16/h15-16H,4-9H2,1-3H3. The molecule has 1 aliphatic rings. The Morgan fingerprint density at radius 1 is 1.17 bits per heavy atom. The van der Waals surface area contributed by atoms with Gasteiger partial charge >= 0.3 is 0 Å². The van der Waals surface area contributed by atoms with Crippen molar-refractivity contribution in [3.05, 3.63) is 0 Å². The smallest absolute Gasteiger partial charge is 0.236 e. The Labute approximate surface area is 108 Å². The lowest BCUT2D eigenvalue weighted by molar-refractivity contribution is -0.153. The molecule has 0 saturated carbocycles. The van der Waals surface area contributed by atoms with Crippen molar-refractivity contribution in [2.45, 2.75) is 52.0 Å². The second kappa shape index (κ2) is 5.36. The number of amides is 2. The van der Waals surface area contributed by atoms with Crippen LogP contribution in [0.5, 0.6) is 0 Å². The van der Waals surface area contributed by atoms with E-state index in [1.54, 1.807) is 6.92 Å². The predicted octanol–water partition coefficient (Wildman–Crippen LogP) is 0.685. The van der Waals surface area contributed by atoms with Gasteiger partial charge in [-0.1, -0.05) is 20.8 Å². The zero-order valence-electron chi connectivity index (χ0n) is 11.4. The lowest BCUT2D eigenvalue weighted by Gasteiger charge is -2.38. The molecule has 1 saturated heterocycles. The molecule has 0 aromatic carbocycles. The molecule has 0 aromatic rings. The number of hydrogen-bond acceptors (Lipinski definition) is 4. The number of carbonyl (C=O) groups is 2. The van der Waals surface area contributed by atoms with Crippen molar-refractivity contribution in [2.24, 2.45) is 5.41 Å². The number of nitrogens with zero attached hydrogens (tertiary/aromatic N) is 1. The summed E-state index contributed by atoms with van der Waals surface area (Å²) in [5, 5.41) is 19.0. The predicted molar refractivity (Wildman–Crippen MR) is 66.7 cm³/mol. The van der Waals surface area contributed by atoms with Gasteiger partial charge in [0.25, 0.3) is 0 Å². The van der Waals surface area contributed by atoms with Gasteiger partial charge in [0, 0.05) is 6.42 Å². The van der Waals surface area contributed by atoms with Crippen LogP contribution in [0.25, 0.3) is 0 Å². The summed E-state index contributed by atoms with van der Waals surface area (Å²) in [6.07, 6.45) is 1.73. The van der Waals surface area contributed by atoms with E-state index in [2.05, 4.69) is 0 Å². The average molecular weight is 257 g/mol. The van der Waals surface area contributed by atoms with Crippen LogP contribution in [0, 0.1) is 5.41 Å². The minimum atomic E-state index is -1.15. The Morgan fingerprint density at radius 2 is 1.67 bits per heavy atom. The first kappa shape index (κ1) is 15.1. The van der Waals surface area contributed by atoms with Gasteiger partial charge in [-0.15, -0.1) is 0 Å². The summed E-state index contributed by atoms with van der Waals surface area (Å²) in [6.45, 7) is 4.74. The SMILES string of the molecule is CCC1(CC)CC(=O)N(C(CC)(CO)CO)C1=O. The van der Waals surface area contributed by atoms with E-state index >= 15 is 0 Å². The summed E-state index contributed by atoms with van der Waals surface area (Å²) in [5.41, 5.74) is -1.80. The molecule has 0 bridgehead atoms. The van der Waals surface area contributed by atoms with E-state index in [-0.39, 0.29) is 18.2 Å². The van der Waals surface area contributed by atoms with E-state index in [0.29, 0.717) is 19.3 Å². The highest BCUT2D eigenvalue weighted by molar-refractivity contribution is 6.06. The molecule has 0 unspecified atom stereocenters. The highest BCUT2D eigenvalue weighted by Crippen LogP contribution is 2.42. The number of hydrogen-bond donors (Lipinski definition) is 2. The molecule has 2 N–H and O–H groups in total. The first-order chi connectivity index (χ1) is 8.46. The fourth-order valence-corrected chi connectivity index (χ4v) is 2.65. The number of rotatable bonds is 6. The second-order valence-corrected chi connectivity index (χ2v) is 5.09. The second-order valence-electron chi connectivity index (χ2n) is 5.09. The minimum Gasteiger partial charge on any atom is -0.394 e. The Morgan fingerprint density at radius 3 is 1.94 bits per heavy atom. The lowest BCUT2D eigenvalue weighted by Crippen LogP contribution is -2.57. The van der Waals surface area contributed by atoms with Crippen molar-refractivity contribution in [1.29, 1.82) is 0 Å². The van der Waals surface area contributed by atoms with E-state index in [1.165, 1.54) is 0 Å². The zero-order chi connectivity index (χ0) is 14.0. The molecule has 1 heterocycles. The molecule has 104 valence electrons. The molecular formula is C13H23NO4. The van der Waals surface area contributed by atoms with E-state index in [4.69, 9.17) is 0 Å². The van der Waals surface area contributed by atoms with Crippen LogP contribution in [0.15, 0.2) is 0 Å². The van der Waals surface area contributed by atoms with Gasteiger partial charge in [0.1, 0.15) is 0 Å². The molecule has 2 amide bonds. The van der Waals surface area contributed by atoms with Crippen LogP contribution in [-0.2, 0) is 9.59 Å². The van der Waals surface area contributed by atoms with Crippen molar-refractivity contribution >= 4 is 11.8 Å². The first-order valence-electron chi connectivity index (χ1n) is 6.56. The Kier molecular flexibility index (Phi) is 4.50. The minimum absolute atomic E-state index is 0.181. The molecule has 1 rings (SSSR count). The quantitative estimate of drug-likeness (QED) is 0.686. The molecule has 0 aromatic heterocycles. The van der Waals surface area contributed by atoms with E-state index < -0.39 is 24.2 Å². The van der Waals surface area contributed by atoms with Gasteiger partial charge in [0.15, 0.2) is 0 Å². The van der Waals surface area contributed by atoms with Crippen molar-refractivity contribution in [3.8, 4) is 0 Å². The molecule has 0 atom stereocenters. The number of aliphatic hydroxyl groups excluding tert-OH is 2. The summed E-state index contributed by atoms with van der Waals surface area (Å²) >= 11 is 0. The van der Waals surface area contributed by atoms with Crippen LogP contribution in [0.1, 0.15) is 46.5 Å². The molecule has 1 fully saturated rings. The number of carbonyl (C=O) groups excluding carboxylic acids is 2. The third-order valence-electron chi connectivity index (χ3n) is 4.47. The van der Waals surface area contributed by atoms with Gasteiger partial charge in [-0.05, 0) is 19.3 Å². The Hall–Kier alpha value is -0.940. The molecule has 0 radical (unpaired) electrons. The summed E-state index contributed by atoms with van der Waals surface area (Å²) in [4.78, 5) is 25.7. The number of aliphatic hydroxyl groups is 2. The zero-order valence-corrected chi connectivity index (χ0v) is 11.4. The number of likely N-dealkylation sites (tertiary alicyclic amines) is 1. The van der Waals surface area contributed by atoms with E-state index in [1.807, 2.05) is 13.8 Å². The highest BCUT2D eigenvalue weighted by Gasteiger charge is 2.55. The lowest BCUT2D eigenvalue weighted by atomic mass is 9.80. The van der Waals surface area contributed by atoms with Gasteiger partial charge in [-0.3, -0.25) is 14.5 Å². The third-order valence-corrected chi connectivity index (χ3v) is 4.47. The summed E-state index contributed by atoms with van der Waals surface area (Å²) in [6, 6.07) is 0. The van der Waals surface area contributed by atoms with Crippen molar-refractivity contribution in [3.63, 3.8) is 0 Å². The molecule has 18 heavy (non-hydrogen) atoms. The monoisotopic (exact) mass is 257 g/mol. The molecular weight excluding hydrogens is 234 g/mol. The average Bonchev–Trinajstić information content (AvgIpc) is 2.66. The fourth-order valence-electron chi connectivity index (χ4n) is 2.65. The van der Waals surface area contributed by atoms with Gasteiger partial charge in [0.2, 0.25) is 11.8 Å². The van der Waals surface area contributed by atoms with Crippen LogP contribution in [0.2, 0.25) is 0 Å². The van der Waals surface area contributed by atoms with Crippen molar-refractivity contribution in [1.82, 2.24) is 4.90 Å². The Bertz CT molecular complexity index is 324. The van der Waals surface area contributed by atoms with Gasteiger partial charge in [-0.2, -0.15) is 0 Å². The van der Waals surface area contributed by atoms with Crippen LogP contribution in [-0.4, -0.2) is 45.7 Å². The first-order valence-corrected chi connectivity index (χ1v) is 6.56. The maximum atomic E-state index is 12.5. The van der Waals surface area contributed by atoms with Crippen LogP contribution < -0.4 is 0 Å². The molecule has 0 aliphatic carbocycles. The number of imide groups is 1. The van der Waals surface area contributed by atoms with Crippen molar-refractivity contribution in [2.75, 3.05) is 13.2 Å². The van der Waals surface area contributed by atoms with Crippen molar-refractivity contribution < 1.29 is 19.8 Å². The third kappa shape index (κ3) is 1.95.